The third kappa shape index (κ3) is 6.12. The van der Waals surface area contributed by atoms with Gasteiger partial charge in [-0.05, 0) is 24.3 Å². The summed E-state index contributed by atoms with van der Waals surface area (Å²) < 4.78 is 36.8. The molecule has 5 heteroatoms. The number of alkyl halides is 3. The highest BCUT2D eigenvalue weighted by Crippen LogP contribution is 2.18. The number of allylic oxidation sites excluding steroid dienone is 2. The van der Waals surface area contributed by atoms with E-state index in [-0.39, 0.29) is 6.71 Å². The van der Waals surface area contributed by atoms with Crippen LogP contribution < -0.4 is 10.9 Å². The smallest absolute Gasteiger partial charge is 0.167 e. The Morgan fingerprint density at radius 1 is 0.958 bits per heavy atom. The van der Waals surface area contributed by atoms with Crippen molar-refractivity contribution in [1.82, 2.24) is 0 Å². The molecule has 0 saturated carbocycles. The molecule has 0 fully saturated rings. The minimum atomic E-state index is -4.23. The molecule has 2 aromatic carbocycles. The van der Waals surface area contributed by atoms with E-state index in [1.54, 1.807) is 11.8 Å². The number of rotatable bonds is 7. The van der Waals surface area contributed by atoms with E-state index in [1.807, 2.05) is 30.3 Å². The first-order valence-corrected chi connectivity index (χ1v) is 9.00. The van der Waals surface area contributed by atoms with E-state index in [1.165, 1.54) is 11.0 Å². The van der Waals surface area contributed by atoms with Crippen LogP contribution in [0.5, 0.6) is 0 Å². The molecule has 2 aromatic rings. The first-order chi connectivity index (χ1) is 11.5. The lowest BCUT2D eigenvalue weighted by Crippen LogP contribution is -2.41. The Bertz CT molecular complexity index is 636. The van der Waals surface area contributed by atoms with E-state index in [4.69, 9.17) is 0 Å². The van der Waals surface area contributed by atoms with Crippen molar-refractivity contribution in [1.29, 1.82) is 0 Å². The van der Waals surface area contributed by atoms with Crippen molar-refractivity contribution >= 4 is 29.4 Å². The number of halogens is 3. The predicted molar refractivity (Wildman–Crippen MR) is 98.9 cm³/mol. The van der Waals surface area contributed by atoms with E-state index in [2.05, 4.69) is 31.2 Å². The predicted octanol–water partition coefficient (Wildman–Crippen LogP) is 4.92. The second-order valence-electron chi connectivity index (χ2n) is 5.49. The third-order valence-electron chi connectivity index (χ3n) is 3.72. The summed E-state index contributed by atoms with van der Waals surface area (Å²) in [4.78, 5) is 1.21. The summed E-state index contributed by atoms with van der Waals surface area (Å²) in [6, 6.07) is 18.3. The maximum atomic E-state index is 12.3. The molecule has 0 amide bonds. The fraction of sp³-hybridized carbons (Fsp3) is 0.263. The van der Waals surface area contributed by atoms with Crippen molar-refractivity contribution in [3.63, 3.8) is 0 Å². The van der Waals surface area contributed by atoms with Gasteiger partial charge in [-0.3, -0.25) is 0 Å². The molecule has 0 aliphatic carbocycles. The zero-order valence-corrected chi connectivity index (χ0v) is 14.4. The van der Waals surface area contributed by atoms with Gasteiger partial charge in [-0.25, -0.2) is 0 Å². The second-order valence-corrected chi connectivity index (χ2v) is 6.82. The topological polar surface area (TPSA) is 0 Å². The van der Waals surface area contributed by atoms with Gasteiger partial charge in [0.05, 0.1) is 0 Å². The largest absolute Gasteiger partial charge is 0.409 e. The maximum Gasteiger partial charge on any atom is 0.409 e. The summed E-state index contributed by atoms with van der Waals surface area (Å²) in [6.45, 7) is 2.21. The van der Waals surface area contributed by atoms with Gasteiger partial charge < -0.3 is 0 Å². The Balaban J connectivity index is 2.15. The molecule has 0 nitrogen and oxygen atoms in total. The zero-order chi connectivity index (χ0) is 17.4. The lowest BCUT2D eigenvalue weighted by atomic mass is 9.38. The van der Waals surface area contributed by atoms with Gasteiger partial charge in [-0.15, -0.1) is 11.8 Å². The van der Waals surface area contributed by atoms with E-state index < -0.39 is 6.18 Å². The monoisotopic (exact) mass is 348 g/mol. The van der Waals surface area contributed by atoms with Crippen LogP contribution in [0, 0.1) is 0 Å². The molecule has 126 valence electrons. The summed E-state index contributed by atoms with van der Waals surface area (Å²) in [5, 5.41) is 0. The molecule has 0 unspecified atom stereocenters. The highest BCUT2D eigenvalue weighted by Gasteiger charge is 2.22. The minimum absolute atomic E-state index is 0.102. The van der Waals surface area contributed by atoms with E-state index in [0.29, 0.717) is 18.8 Å². The van der Waals surface area contributed by atoms with Crippen LogP contribution >= 0.6 is 11.8 Å². The molecular weight excluding hydrogens is 328 g/mol. The van der Waals surface area contributed by atoms with Gasteiger partial charge in [0.25, 0.3) is 0 Å². The summed E-state index contributed by atoms with van der Waals surface area (Å²) in [5.41, 5.74) is 2.27. The Labute approximate surface area is 146 Å². The molecule has 0 saturated heterocycles. The van der Waals surface area contributed by atoms with Crippen molar-refractivity contribution < 1.29 is 13.2 Å². The maximum absolute atomic E-state index is 12.3. The van der Waals surface area contributed by atoms with E-state index >= 15 is 0 Å². The van der Waals surface area contributed by atoms with Gasteiger partial charge in [0, 0.05) is 11.0 Å². The van der Waals surface area contributed by atoms with E-state index in [9.17, 15) is 13.2 Å². The summed E-state index contributed by atoms with van der Waals surface area (Å²) in [6.07, 6.45) is -1.64. The van der Waals surface area contributed by atoms with Gasteiger partial charge in [-0.1, -0.05) is 72.7 Å². The number of hydrogen-bond donors (Lipinski definition) is 0. The normalized spacial score (nSPS) is 11.8. The van der Waals surface area contributed by atoms with Crippen LogP contribution in [0.4, 0.5) is 13.2 Å². The molecule has 0 aliphatic heterocycles. The van der Waals surface area contributed by atoms with Crippen LogP contribution in [-0.2, 0) is 0 Å². The van der Waals surface area contributed by atoms with Crippen molar-refractivity contribution in [2.75, 3.05) is 5.75 Å². The number of benzene rings is 2. The van der Waals surface area contributed by atoms with Crippen molar-refractivity contribution in [3.8, 4) is 0 Å². The van der Waals surface area contributed by atoms with Gasteiger partial charge >= 0.3 is 6.18 Å². The molecule has 0 radical (unpaired) electrons. The molecule has 0 aliphatic rings. The summed E-state index contributed by atoms with van der Waals surface area (Å²) in [5.74, 6) is 1.02. The van der Waals surface area contributed by atoms with Gasteiger partial charge in [0.15, 0.2) is 0 Å². The Morgan fingerprint density at radius 2 is 1.58 bits per heavy atom. The van der Waals surface area contributed by atoms with Crippen molar-refractivity contribution in [2.24, 2.45) is 0 Å². The van der Waals surface area contributed by atoms with Crippen LogP contribution in [0.1, 0.15) is 13.3 Å². The molecule has 0 atom stereocenters. The van der Waals surface area contributed by atoms with E-state index in [0.717, 1.165) is 16.7 Å². The Hall–Kier alpha value is -1.62. The summed E-state index contributed by atoms with van der Waals surface area (Å²) >= 11 is 1.78. The third-order valence-corrected chi connectivity index (χ3v) is 4.62. The fourth-order valence-corrected chi connectivity index (χ4v) is 3.32. The molecule has 2 rings (SSSR count). The zero-order valence-electron chi connectivity index (χ0n) is 13.6. The molecule has 24 heavy (non-hydrogen) atoms. The quantitative estimate of drug-likeness (QED) is 0.389. The molecule has 0 bridgehead atoms. The lowest BCUT2D eigenvalue weighted by molar-refractivity contribution is -0.0800. The minimum Gasteiger partial charge on any atom is -0.167 e. The molecular formula is C19H20BF3S. The van der Waals surface area contributed by atoms with Crippen LogP contribution in [0.3, 0.4) is 0 Å². The van der Waals surface area contributed by atoms with Crippen molar-refractivity contribution in [2.45, 2.75) is 30.7 Å². The van der Waals surface area contributed by atoms with Gasteiger partial charge in [0.1, 0.15) is 0 Å². The molecule has 0 N–H and O–H groups in total. The average molecular weight is 348 g/mol. The first kappa shape index (κ1) is 18.7. The van der Waals surface area contributed by atoms with Crippen LogP contribution in [-0.4, -0.2) is 18.6 Å². The molecule has 0 aromatic heterocycles. The van der Waals surface area contributed by atoms with Crippen LogP contribution in [0.2, 0.25) is 6.32 Å². The highest BCUT2D eigenvalue weighted by atomic mass is 32.2. The Morgan fingerprint density at radius 3 is 2.17 bits per heavy atom. The SMILES string of the molecule is CCSc1ccc(B(CCC=CC(F)(F)F)c2ccccc2)cc1. The average Bonchev–Trinajstić information content (AvgIpc) is 2.56. The highest BCUT2D eigenvalue weighted by molar-refractivity contribution is 7.99. The second kappa shape index (κ2) is 9.02. The first-order valence-electron chi connectivity index (χ1n) is 8.01. The van der Waals surface area contributed by atoms with Gasteiger partial charge in [-0.2, -0.15) is 13.2 Å². The van der Waals surface area contributed by atoms with Crippen molar-refractivity contribution in [3.05, 3.63) is 66.7 Å². The standard InChI is InChI=1S/C19H20BF3S/c1-2-24-18-12-10-17(11-13-18)20(16-8-4-3-5-9-16)15-7-6-14-19(21,22)23/h3-6,8-14H,2,7,15H2,1H3. The molecule has 0 spiro atoms. The molecule has 0 heterocycles. The lowest BCUT2D eigenvalue weighted by Gasteiger charge is -2.14. The fourth-order valence-electron chi connectivity index (χ4n) is 2.65. The van der Waals surface area contributed by atoms with Crippen LogP contribution in [0.25, 0.3) is 0 Å². The van der Waals surface area contributed by atoms with Gasteiger partial charge in [0.2, 0.25) is 6.71 Å². The number of hydrogen-bond acceptors (Lipinski definition) is 1. The van der Waals surface area contributed by atoms with Crippen LogP contribution in [0.15, 0.2) is 71.6 Å². The number of thioether (sulfide) groups is 1. The Kier molecular flexibility index (Phi) is 7.04. The summed E-state index contributed by atoms with van der Waals surface area (Å²) in [7, 11) is 0.